The predicted octanol–water partition coefficient (Wildman–Crippen LogP) is 3.12. The summed E-state index contributed by atoms with van der Waals surface area (Å²) in [5.74, 6) is 1.71. The smallest absolute Gasteiger partial charge is 0.269 e. The van der Waals surface area contributed by atoms with E-state index in [-0.39, 0.29) is 11.8 Å². The normalized spacial score (nSPS) is 24.2. The number of nitrogens with zero attached hydrogens (tertiary/aromatic N) is 1. The van der Waals surface area contributed by atoms with Crippen LogP contribution in [0.25, 0.3) is 0 Å². The predicted molar refractivity (Wildman–Crippen MR) is 99.2 cm³/mol. The molecule has 2 saturated carbocycles. The molecule has 2 fully saturated rings. The van der Waals surface area contributed by atoms with Crippen LogP contribution in [-0.4, -0.2) is 24.9 Å². The van der Waals surface area contributed by atoms with E-state index in [1.54, 1.807) is 12.1 Å². The molecule has 3 rings (SSSR count). The number of amides is 2. The average Bonchev–Trinajstić information content (AvgIpc) is 3.24. The summed E-state index contributed by atoms with van der Waals surface area (Å²) in [6.45, 7) is 6.08. The fourth-order valence-electron chi connectivity index (χ4n) is 4.53. The van der Waals surface area contributed by atoms with Crippen molar-refractivity contribution in [2.45, 2.75) is 46.0 Å². The minimum Gasteiger partial charge on any atom is -0.372 e. The van der Waals surface area contributed by atoms with Gasteiger partial charge in [0.25, 0.3) is 5.91 Å². The van der Waals surface area contributed by atoms with E-state index in [2.05, 4.69) is 29.6 Å². The first-order valence-electron chi connectivity index (χ1n) is 9.54. The first kappa shape index (κ1) is 17.8. The summed E-state index contributed by atoms with van der Waals surface area (Å²) < 4.78 is 0. The fraction of sp³-hybridized carbons (Fsp3) is 0.600. The van der Waals surface area contributed by atoms with Crippen molar-refractivity contribution in [1.82, 2.24) is 10.9 Å². The number of benzene rings is 1. The van der Waals surface area contributed by atoms with Crippen molar-refractivity contribution in [3.8, 4) is 0 Å². The van der Waals surface area contributed by atoms with Crippen LogP contribution >= 0.6 is 0 Å². The highest BCUT2D eigenvalue weighted by atomic mass is 16.2. The molecule has 25 heavy (non-hydrogen) atoms. The Labute approximate surface area is 150 Å². The Morgan fingerprint density at radius 1 is 1.04 bits per heavy atom. The second-order valence-corrected chi connectivity index (χ2v) is 7.36. The molecule has 2 aliphatic rings. The number of rotatable bonds is 6. The number of hydrazine groups is 1. The van der Waals surface area contributed by atoms with Crippen molar-refractivity contribution < 1.29 is 9.59 Å². The standard InChI is InChI=1S/C20H29N3O2/c1-3-23(4-2)18-9-7-15(8-10-18)20(25)22-21-19(24)13-17-12-14-5-6-16(17)11-14/h7-10,14,16-17H,3-6,11-13H2,1-2H3,(H,21,24)(H,22,25)/t14-,16+,17-/m0/s1. The van der Waals surface area contributed by atoms with Crippen LogP contribution in [0.4, 0.5) is 5.69 Å². The fourth-order valence-corrected chi connectivity index (χ4v) is 4.53. The molecule has 0 unspecified atom stereocenters. The Bertz CT molecular complexity index is 610. The quantitative estimate of drug-likeness (QED) is 0.780. The summed E-state index contributed by atoms with van der Waals surface area (Å²) in [5.41, 5.74) is 6.77. The molecule has 136 valence electrons. The molecular formula is C20H29N3O2. The third-order valence-corrected chi connectivity index (χ3v) is 5.91. The van der Waals surface area contributed by atoms with Crippen LogP contribution in [0.3, 0.4) is 0 Å². The van der Waals surface area contributed by atoms with Crippen molar-refractivity contribution in [1.29, 1.82) is 0 Å². The number of anilines is 1. The molecule has 3 atom stereocenters. The highest BCUT2D eigenvalue weighted by Gasteiger charge is 2.40. The Morgan fingerprint density at radius 2 is 1.76 bits per heavy atom. The van der Waals surface area contributed by atoms with Crippen molar-refractivity contribution in [2.75, 3.05) is 18.0 Å². The van der Waals surface area contributed by atoms with Gasteiger partial charge in [0.15, 0.2) is 0 Å². The molecule has 0 aliphatic heterocycles. The summed E-state index contributed by atoms with van der Waals surface area (Å²) in [4.78, 5) is 26.5. The zero-order chi connectivity index (χ0) is 17.8. The van der Waals surface area contributed by atoms with E-state index >= 15 is 0 Å². The van der Waals surface area contributed by atoms with E-state index in [0.717, 1.165) is 30.6 Å². The highest BCUT2D eigenvalue weighted by molar-refractivity contribution is 5.95. The van der Waals surface area contributed by atoms with E-state index in [4.69, 9.17) is 0 Å². The van der Waals surface area contributed by atoms with E-state index < -0.39 is 0 Å². The van der Waals surface area contributed by atoms with Crippen LogP contribution in [0.5, 0.6) is 0 Å². The first-order chi connectivity index (χ1) is 12.1. The zero-order valence-electron chi connectivity index (χ0n) is 15.3. The van der Waals surface area contributed by atoms with Gasteiger partial charge in [0.2, 0.25) is 5.91 Å². The third-order valence-electron chi connectivity index (χ3n) is 5.91. The number of hydrogen-bond acceptors (Lipinski definition) is 3. The van der Waals surface area contributed by atoms with Gasteiger partial charge in [0, 0.05) is 30.8 Å². The van der Waals surface area contributed by atoms with Crippen LogP contribution in [-0.2, 0) is 4.79 Å². The summed E-state index contributed by atoms with van der Waals surface area (Å²) in [7, 11) is 0. The van der Waals surface area contributed by atoms with Crippen LogP contribution < -0.4 is 15.8 Å². The number of nitrogens with one attached hydrogen (secondary N) is 2. The summed E-state index contributed by atoms with van der Waals surface area (Å²) in [6, 6.07) is 7.48. The molecule has 5 heteroatoms. The van der Waals surface area contributed by atoms with Crippen molar-refractivity contribution in [2.24, 2.45) is 17.8 Å². The van der Waals surface area contributed by atoms with E-state index in [9.17, 15) is 9.59 Å². The molecule has 0 spiro atoms. The van der Waals surface area contributed by atoms with Crippen molar-refractivity contribution in [3.05, 3.63) is 29.8 Å². The van der Waals surface area contributed by atoms with Gasteiger partial charge in [-0.2, -0.15) is 0 Å². The maximum Gasteiger partial charge on any atom is 0.269 e. The minimum absolute atomic E-state index is 0.0781. The molecule has 5 nitrogen and oxygen atoms in total. The van der Waals surface area contributed by atoms with Crippen LogP contribution in [0.1, 0.15) is 56.3 Å². The Kier molecular flexibility index (Phi) is 5.61. The molecule has 0 aromatic heterocycles. The number of hydrogen-bond donors (Lipinski definition) is 2. The monoisotopic (exact) mass is 343 g/mol. The largest absolute Gasteiger partial charge is 0.372 e. The second kappa shape index (κ2) is 7.89. The molecule has 0 radical (unpaired) electrons. The van der Waals surface area contributed by atoms with Gasteiger partial charge >= 0.3 is 0 Å². The van der Waals surface area contributed by atoms with Crippen molar-refractivity contribution in [3.63, 3.8) is 0 Å². The Balaban J connectivity index is 1.46. The Hall–Kier alpha value is -2.04. The highest BCUT2D eigenvalue weighted by Crippen LogP contribution is 2.49. The van der Waals surface area contributed by atoms with Crippen LogP contribution in [0.2, 0.25) is 0 Å². The van der Waals surface area contributed by atoms with Gasteiger partial charge in [-0.25, -0.2) is 0 Å². The zero-order valence-corrected chi connectivity index (χ0v) is 15.3. The molecule has 0 heterocycles. The van der Waals surface area contributed by atoms with Gasteiger partial charge in [0.05, 0.1) is 0 Å². The Morgan fingerprint density at radius 3 is 2.32 bits per heavy atom. The maximum atomic E-state index is 12.2. The van der Waals surface area contributed by atoms with Gasteiger partial charge in [-0.15, -0.1) is 0 Å². The van der Waals surface area contributed by atoms with E-state index in [1.807, 2.05) is 12.1 Å². The molecule has 1 aromatic carbocycles. The maximum absolute atomic E-state index is 12.2. The van der Waals surface area contributed by atoms with Gasteiger partial charge in [-0.3, -0.25) is 20.4 Å². The van der Waals surface area contributed by atoms with Gasteiger partial charge in [-0.05, 0) is 75.1 Å². The second-order valence-electron chi connectivity index (χ2n) is 7.36. The van der Waals surface area contributed by atoms with Gasteiger partial charge in [0.1, 0.15) is 0 Å². The molecule has 2 bridgehead atoms. The minimum atomic E-state index is -0.271. The third kappa shape index (κ3) is 4.14. The SMILES string of the molecule is CCN(CC)c1ccc(C(=O)NNC(=O)C[C@@H]2C[C@H]3CC[C@@H]2C3)cc1. The molecule has 1 aromatic rings. The van der Waals surface area contributed by atoms with E-state index in [1.165, 1.54) is 25.7 Å². The molecule has 2 N–H and O–H groups in total. The van der Waals surface area contributed by atoms with E-state index in [0.29, 0.717) is 17.9 Å². The lowest BCUT2D eigenvalue weighted by molar-refractivity contribution is -0.123. The lowest BCUT2D eigenvalue weighted by Crippen LogP contribution is -2.42. The van der Waals surface area contributed by atoms with Crippen molar-refractivity contribution >= 4 is 17.5 Å². The van der Waals surface area contributed by atoms with Crippen LogP contribution in [0.15, 0.2) is 24.3 Å². The van der Waals surface area contributed by atoms with Gasteiger partial charge < -0.3 is 4.90 Å². The molecule has 0 saturated heterocycles. The lowest BCUT2D eigenvalue weighted by atomic mass is 9.86. The number of carbonyl (C=O) groups excluding carboxylic acids is 2. The van der Waals surface area contributed by atoms with Gasteiger partial charge in [-0.1, -0.05) is 6.42 Å². The lowest BCUT2D eigenvalue weighted by Gasteiger charge is -2.21. The molecule has 2 amide bonds. The summed E-state index contributed by atoms with van der Waals surface area (Å²) in [5, 5.41) is 0. The first-order valence-corrected chi connectivity index (χ1v) is 9.54. The average molecular weight is 343 g/mol. The molecule has 2 aliphatic carbocycles. The topological polar surface area (TPSA) is 61.4 Å². The van der Waals surface area contributed by atoms with Crippen LogP contribution in [0, 0.1) is 17.8 Å². The summed E-state index contributed by atoms with van der Waals surface area (Å²) in [6.07, 6.45) is 5.61. The molecular weight excluding hydrogens is 314 g/mol. The summed E-state index contributed by atoms with van der Waals surface area (Å²) >= 11 is 0. The number of carbonyl (C=O) groups is 2. The number of fused-ring (bicyclic) bond motifs is 2.